The van der Waals surface area contributed by atoms with Crippen molar-refractivity contribution in [2.24, 2.45) is 5.92 Å². The fourth-order valence-corrected chi connectivity index (χ4v) is 2.54. The Hall–Kier alpha value is -2.08. The molecule has 2 amide bonds. The quantitative estimate of drug-likeness (QED) is 0.879. The zero-order valence-corrected chi connectivity index (χ0v) is 12.0. The van der Waals surface area contributed by atoms with Crippen LogP contribution >= 0.6 is 0 Å². The van der Waals surface area contributed by atoms with Crippen LogP contribution in [-0.4, -0.2) is 52.9 Å². The number of anilines is 1. The Bertz CT molecular complexity index is 504. The highest BCUT2D eigenvalue weighted by Gasteiger charge is 2.32. The van der Waals surface area contributed by atoms with Crippen molar-refractivity contribution in [3.8, 4) is 0 Å². The van der Waals surface area contributed by atoms with Crippen molar-refractivity contribution in [2.45, 2.75) is 19.4 Å². The molecule has 21 heavy (non-hydrogen) atoms. The Morgan fingerprint density at radius 1 is 1.38 bits per heavy atom. The first-order chi connectivity index (χ1) is 9.99. The van der Waals surface area contributed by atoms with E-state index in [4.69, 9.17) is 5.11 Å². The number of carbonyl (C=O) groups excluding carboxylic acids is 1. The predicted molar refractivity (Wildman–Crippen MR) is 78.2 cm³/mol. The average Bonchev–Trinajstić information content (AvgIpc) is 2.95. The highest BCUT2D eigenvalue weighted by Crippen LogP contribution is 2.23. The molecule has 1 aromatic rings. The number of aliphatic carboxylic acids is 1. The zero-order valence-electron chi connectivity index (χ0n) is 12.0. The topological polar surface area (TPSA) is 81.1 Å². The molecule has 1 saturated heterocycles. The van der Waals surface area contributed by atoms with E-state index in [1.165, 1.54) is 4.90 Å². The summed E-state index contributed by atoms with van der Waals surface area (Å²) in [6.45, 7) is 2.33. The van der Waals surface area contributed by atoms with Crippen LogP contribution in [0.4, 0.5) is 10.5 Å². The van der Waals surface area contributed by atoms with Crippen molar-refractivity contribution in [1.29, 1.82) is 0 Å². The second-order valence-electron chi connectivity index (χ2n) is 5.33. The van der Waals surface area contributed by atoms with Gasteiger partial charge in [0.2, 0.25) is 0 Å². The summed E-state index contributed by atoms with van der Waals surface area (Å²) in [5.41, 5.74) is 0.561. The summed E-state index contributed by atoms with van der Waals surface area (Å²) in [7, 11) is 0. The van der Waals surface area contributed by atoms with E-state index in [0.29, 0.717) is 18.8 Å². The van der Waals surface area contributed by atoms with E-state index in [1.807, 2.05) is 6.07 Å². The molecule has 6 nitrogen and oxygen atoms in total. The molecule has 2 atom stereocenters. The van der Waals surface area contributed by atoms with Crippen molar-refractivity contribution in [3.63, 3.8) is 0 Å². The van der Waals surface area contributed by atoms with Crippen molar-refractivity contribution in [1.82, 2.24) is 4.90 Å². The monoisotopic (exact) mass is 292 g/mol. The van der Waals surface area contributed by atoms with E-state index in [0.717, 1.165) is 6.42 Å². The molecule has 114 valence electrons. The molecule has 6 heteroatoms. The number of urea groups is 1. The molecule has 1 aliphatic heterocycles. The molecule has 0 bridgehead atoms. The van der Waals surface area contributed by atoms with Gasteiger partial charge in [-0.3, -0.25) is 9.69 Å². The van der Waals surface area contributed by atoms with Crippen molar-refractivity contribution < 1.29 is 19.8 Å². The van der Waals surface area contributed by atoms with Gasteiger partial charge in [-0.05, 0) is 25.5 Å². The molecular formula is C15H20N2O4. The van der Waals surface area contributed by atoms with E-state index in [1.54, 1.807) is 36.1 Å². The summed E-state index contributed by atoms with van der Waals surface area (Å²) >= 11 is 0. The molecule has 0 aliphatic carbocycles. The van der Waals surface area contributed by atoms with E-state index in [-0.39, 0.29) is 18.5 Å². The van der Waals surface area contributed by atoms with Gasteiger partial charge in [0.15, 0.2) is 0 Å². The number of amides is 2. The number of hydrogen-bond acceptors (Lipinski definition) is 3. The molecule has 2 N–H and O–H groups in total. The standard InChI is InChI=1S/C15H20N2O4/c1-11(18)12-7-8-16(9-12)15(21)17(10-14(19)20)13-5-3-2-4-6-13/h2-6,11-12,18H,7-10H2,1H3,(H,19,20). The fraction of sp³-hybridized carbons (Fsp3) is 0.467. The Kier molecular flexibility index (Phi) is 4.80. The highest BCUT2D eigenvalue weighted by molar-refractivity contribution is 5.96. The lowest BCUT2D eigenvalue weighted by molar-refractivity contribution is -0.135. The van der Waals surface area contributed by atoms with Crippen LogP contribution in [-0.2, 0) is 4.79 Å². The third-order valence-electron chi connectivity index (χ3n) is 3.77. The maximum Gasteiger partial charge on any atom is 0.325 e. The first kappa shape index (κ1) is 15.3. The second kappa shape index (κ2) is 6.58. The molecule has 1 fully saturated rings. The highest BCUT2D eigenvalue weighted by atomic mass is 16.4. The first-order valence-electron chi connectivity index (χ1n) is 7.00. The predicted octanol–water partition coefficient (Wildman–Crippen LogP) is 1.40. The molecule has 0 saturated carbocycles. The van der Waals surface area contributed by atoms with Crippen LogP contribution in [0, 0.1) is 5.92 Å². The number of carboxylic acids is 1. The van der Waals surface area contributed by atoms with Crippen LogP contribution in [0.2, 0.25) is 0 Å². The van der Waals surface area contributed by atoms with Crippen molar-refractivity contribution in [2.75, 3.05) is 24.5 Å². The number of nitrogens with zero attached hydrogens (tertiary/aromatic N) is 2. The number of benzene rings is 1. The molecular weight excluding hydrogens is 272 g/mol. The molecule has 0 aromatic heterocycles. The zero-order chi connectivity index (χ0) is 15.4. The molecule has 1 aromatic carbocycles. The lowest BCUT2D eigenvalue weighted by Gasteiger charge is -2.27. The number of rotatable bonds is 4. The maximum atomic E-state index is 12.6. The third-order valence-corrected chi connectivity index (χ3v) is 3.77. The number of para-hydroxylation sites is 1. The van der Waals surface area contributed by atoms with Gasteiger partial charge >= 0.3 is 12.0 Å². The summed E-state index contributed by atoms with van der Waals surface area (Å²) in [5, 5.41) is 18.6. The number of aliphatic hydroxyl groups excluding tert-OH is 1. The van der Waals surface area contributed by atoms with Gasteiger partial charge in [-0.15, -0.1) is 0 Å². The minimum absolute atomic E-state index is 0.0522. The van der Waals surface area contributed by atoms with Gasteiger partial charge in [0.25, 0.3) is 0 Å². The minimum atomic E-state index is -1.06. The number of aliphatic hydroxyl groups is 1. The Balaban J connectivity index is 2.14. The van der Waals surface area contributed by atoms with Crippen LogP contribution in [0.5, 0.6) is 0 Å². The van der Waals surface area contributed by atoms with Crippen LogP contribution in [0.15, 0.2) is 30.3 Å². The summed E-state index contributed by atoms with van der Waals surface area (Å²) in [6.07, 6.45) is 0.270. The fourth-order valence-electron chi connectivity index (χ4n) is 2.54. The van der Waals surface area contributed by atoms with E-state index in [2.05, 4.69) is 0 Å². The number of carbonyl (C=O) groups is 2. The average molecular weight is 292 g/mol. The lowest BCUT2D eigenvalue weighted by Crippen LogP contribution is -2.45. The minimum Gasteiger partial charge on any atom is -0.480 e. The van der Waals surface area contributed by atoms with Gasteiger partial charge in [0, 0.05) is 24.7 Å². The van der Waals surface area contributed by atoms with Crippen LogP contribution in [0.1, 0.15) is 13.3 Å². The Morgan fingerprint density at radius 2 is 2.05 bits per heavy atom. The molecule has 0 spiro atoms. The first-order valence-corrected chi connectivity index (χ1v) is 7.00. The van der Waals surface area contributed by atoms with Gasteiger partial charge in [0.1, 0.15) is 6.54 Å². The van der Waals surface area contributed by atoms with Crippen LogP contribution in [0.3, 0.4) is 0 Å². The molecule has 2 unspecified atom stereocenters. The van der Waals surface area contributed by atoms with E-state index in [9.17, 15) is 14.7 Å². The Labute approximate surface area is 123 Å². The number of carboxylic acid groups (broad SMARTS) is 1. The molecule has 1 aliphatic rings. The molecule has 1 heterocycles. The summed E-state index contributed by atoms with van der Waals surface area (Å²) < 4.78 is 0. The number of hydrogen-bond donors (Lipinski definition) is 2. The second-order valence-corrected chi connectivity index (χ2v) is 5.33. The van der Waals surface area contributed by atoms with Gasteiger partial charge < -0.3 is 15.1 Å². The molecule has 2 rings (SSSR count). The van der Waals surface area contributed by atoms with Gasteiger partial charge in [-0.1, -0.05) is 18.2 Å². The largest absolute Gasteiger partial charge is 0.480 e. The van der Waals surface area contributed by atoms with Gasteiger partial charge in [0.05, 0.1) is 6.10 Å². The summed E-state index contributed by atoms with van der Waals surface area (Å²) in [5.74, 6) is -1.00. The van der Waals surface area contributed by atoms with Gasteiger partial charge in [-0.2, -0.15) is 0 Å². The third kappa shape index (κ3) is 3.72. The SMILES string of the molecule is CC(O)C1CCN(C(=O)N(CC(=O)O)c2ccccc2)C1. The Morgan fingerprint density at radius 3 is 2.57 bits per heavy atom. The molecule has 0 radical (unpaired) electrons. The van der Waals surface area contributed by atoms with Crippen LogP contribution < -0.4 is 4.90 Å². The smallest absolute Gasteiger partial charge is 0.325 e. The lowest BCUT2D eigenvalue weighted by atomic mass is 10.0. The number of likely N-dealkylation sites (tertiary alicyclic amines) is 1. The summed E-state index contributed by atoms with van der Waals surface area (Å²) in [6, 6.07) is 8.44. The summed E-state index contributed by atoms with van der Waals surface area (Å²) in [4.78, 5) is 26.4. The normalized spacial score (nSPS) is 19.3. The maximum absolute atomic E-state index is 12.6. The van der Waals surface area contributed by atoms with E-state index < -0.39 is 12.1 Å². The van der Waals surface area contributed by atoms with Crippen molar-refractivity contribution in [3.05, 3.63) is 30.3 Å². The van der Waals surface area contributed by atoms with Crippen LogP contribution in [0.25, 0.3) is 0 Å². The van der Waals surface area contributed by atoms with Crippen molar-refractivity contribution >= 4 is 17.7 Å². The van der Waals surface area contributed by atoms with Gasteiger partial charge in [-0.25, -0.2) is 4.79 Å². The van der Waals surface area contributed by atoms with E-state index >= 15 is 0 Å².